The van der Waals surface area contributed by atoms with Crippen molar-refractivity contribution in [2.45, 2.75) is 0 Å². The molecule has 1 heterocycles. The van der Waals surface area contributed by atoms with Crippen LogP contribution in [0.1, 0.15) is 0 Å². The highest BCUT2D eigenvalue weighted by Crippen LogP contribution is 2.36. The summed E-state index contributed by atoms with van der Waals surface area (Å²) in [7, 11) is 0. The van der Waals surface area contributed by atoms with Gasteiger partial charge in [-0.3, -0.25) is 9.59 Å². The molecular formula is C11H9ClN2O3. The van der Waals surface area contributed by atoms with Crippen molar-refractivity contribution in [2.75, 3.05) is 17.2 Å². The summed E-state index contributed by atoms with van der Waals surface area (Å²) in [6.07, 6.45) is 1.14. The van der Waals surface area contributed by atoms with E-state index in [4.69, 9.17) is 16.3 Å². The van der Waals surface area contributed by atoms with E-state index in [0.717, 1.165) is 6.08 Å². The second-order valence-electron chi connectivity index (χ2n) is 3.36. The summed E-state index contributed by atoms with van der Waals surface area (Å²) >= 11 is 5.95. The Labute approximate surface area is 102 Å². The molecule has 1 aromatic rings. The van der Waals surface area contributed by atoms with Crippen LogP contribution in [0.25, 0.3) is 0 Å². The fourth-order valence-electron chi connectivity index (χ4n) is 1.38. The van der Waals surface area contributed by atoms with E-state index < -0.39 is 0 Å². The van der Waals surface area contributed by atoms with Crippen LogP contribution >= 0.6 is 11.6 Å². The number of ether oxygens (including phenoxy) is 1. The van der Waals surface area contributed by atoms with E-state index in [1.165, 1.54) is 6.07 Å². The van der Waals surface area contributed by atoms with Gasteiger partial charge in [0.05, 0.1) is 16.4 Å². The number of carbonyl (C=O) groups excluding carboxylic acids is 2. The molecule has 1 aliphatic heterocycles. The summed E-state index contributed by atoms with van der Waals surface area (Å²) in [5.41, 5.74) is 0.898. The fraction of sp³-hybridized carbons (Fsp3) is 0.0909. The summed E-state index contributed by atoms with van der Waals surface area (Å²) in [6, 6.07) is 3.07. The Morgan fingerprint density at radius 3 is 3.06 bits per heavy atom. The Balaban J connectivity index is 2.34. The molecule has 2 rings (SSSR count). The van der Waals surface area contributed by atoms with E-state index in [-0.39, 0.29) is 18.4 Å². The topological polar surface area (TPSA) is 67.4 Å². The van der Waals surface area contributed by atoms with E-state index in [1.807, 2.05) is 0 Å². The summed E-state index contributed by atoms with van der Waals surface area (Å²) in [4.78, 5) is 22.2. The van der Waals surface area contributed by atoms with E-state index >= 15 is 0 Å². The number of hydrogen-bond donors (Lipinski definition) is 2. The van der Waals surface area contributed by atoms with Crippen LogP contribution in [0.4, 0.5) is 11.4 Å². The highest BCUT2D eigenvalue weighted by atomic mass is 35.5. The molecule has 0 unspecified atom stereocenters. The zero-order chi connectivity index (χ0) is 12.4. The van der Waals surface area contributed by atoms with Crippen LogP contribution in [0.3, 0.4) is 0 Å². The standard InChI is InChI=1S/C11H9ClN2O3/c1-2-10(15)13-7-4-9-8(3-6(7)12)14-11(16)5-17-9/h2-4H,1,5H2,(H,13,15)(H,14,16). The van der Waals surface area contributed by atoms with Gasteiger partial charge in [0.25, 0.3) is 5.91 Å². The molecule has 0 bridgehead atoms. The molecule has 2 amide bonds. The summed E-state index contributed by atoms with van der Waals surface area (Å²) in [6.45, 7) is 3.29. The molecule has 17 heavy (non-hydrogen) atoms. The van der Waals surface area contributed by atoms with Gasteiger partial charge in [0, 0.05) is 6.07 Å². The van der Waals surface area contributed by atoms with E-state index in [1.54, 1.807) is 6.07 Å². The summed E-state index contributed by atoms with van der Waals surface area (Å²) in [5.74, 6) is -0.142. The first-order valence-electron chi connectivity index (χ1n) is 4.80. The normalized spacial score (nSPS) is 13.1. The largest absolute Gasteiger partial charge is 0.482 e. The van der Waals surface area contributed by atoms with Crippen LogP contribution in [0.15, 0.2) is 24.8 Å². The van der Waals surface area contributed by atoms with Crippen LogP contribution in [0.2, 0.25) is 5.02 Å². The van der Waals surface area contributed by atoms with Crippen LogP contribution in [0.5, 0.6) is 5.75 Å². The van der Waals surface area contributed by atoms with Crippen molar-refractivity contribution in [3.63, 3.8) is 0 Å². The molecule has 0 saturated carbocycles. The molecule has 0 aliphatic carbocycles. The van der Waals surface area contributed by atoms with Crippen LogP contribution in [-0.2, 0) is 9.59 Å². The number of rotatable bonds is 2. The number of nitrogens with one attached hydrogen (secondary N) is 2. The average Bonchev–Trinajstić information content (AvgIpc) is 2.30. The minimum atomic E-state index is -0.369. The third-order valence-corrected chi connectivity index (χ3v) is 2.46. The first kappa shape index (κ1) is 11.5. The van der Waals surface area contributed by atoms with Gasteiger partial charge >= 0.3 is 0 Å². The molecule has 1 aromatic carbocycles. The number of fused-ring (bicyclic) bond motifs is 1. The van der Waals surface area contributed by atoms with Crippen LogP contribution < -0.4 is 15.4 Å². The predicted octanol–water partition coefficient (Wildman–Crippen LogP) is 1.80. The van der Waals surface area contributed by atoms with Gasteiger partial charge in [-0.05, 0) is 12.1 Å². The van der Waals surface area contributed by atoms with Gasteiger partial charge in [0.15, 0.2) is 6.61 Å². The third-order valence-electron chi connectivity index (χ3n) is 2.15. The quantitative estimate of drug-likeness (QED) is 0.789. The van der Waals surface area contributed by atoms with Crippen molar-refractivity contribution in [1.29, 1.82) is 0 Å². The molecule has 0 radical (unpaired) electrons. The van der Waals surface area contributed by atoms with Gasteiger partial charge in [-0.25, -0.2) is 0 Å². The first-order chi connectivity index (χ1) is 8.10. The summed E-state index contributed by atoms with van der Waals surface area (Å²) < 4.78 is 5.20. The van der Waals surface area contributed by atoms with Gasteiger partial charge in [-0.15, -0.1) is 0 Å². The van der Waals surface area contributed by atoms with E-state index in [2.05, 4.69) is 17.2 Å². The third kappa shape index (κ3) is 2.39. The number of hydrogen-bond acceptors (Lipinski definition) is 3. The average molecular weight is 253 g/mol. The number of anilines is 2. The Morgan fingerprint density at radius 1 is 1.59 bits per heavy atom. The maximum Gasteiger partial charge on any atom is 0.262 e. The highest BCUT2D eigenvalue weighted by Gasteiger charge is 2.18. The van der Waals surface area contributed by atoms with Gasteiger partial charge in [-0.2, -0.15) is 0 Å². The predicted molar refractivity (Wildman–Crippen MR) is 64.4 cm³/mol. The van der Waals surface area contributed by atoms with Crippen molar-refractivity contribution >= 4 is 34.8 Å². The lowest BCUT2D eigenvalue weighted by molar-refractivity contribution is -0.118. The minimum absolute atomic E-state index is 0.0521. The molecule has 0 atom stereocenters. The molecule has 0 saturated heterocycles. The Kier molecular flexibility index (Phi) is 3.01. The molecule has 6 heteroatoms. The van der Waals surface area contributed by atoms with E-state index in [9.17, 15) is 9.59 Å². The van der Waals surface area contributed by atoms with Gasteiger partial charge in [0.2, 0.25) is 5.91 Å². The molecule has 2 N–H and O–H groups in total. The van der Waals surface area contributed by atoms with E-state index in [0.29, 0.717) is 22.1 Å². The van der Waals surface area contributed by atoms with Crippen molar-refractivity contribution in [3.05, 3.63) is 29.8 Å². The number of carbonyl (C=O) groups is 2. The monoisotopic (exact) mass is 252 g/mol. The molecule has 88 valence electrons. The first-order valence-corrected chi connectivity index (χ1v) is 5.17. The van der Waals surface area contributed by atoms with Crippen molar-refractivity contribution in [1.82, 2.24) is 0 Å². The Morgan fingerprint density at radius 2 is 2.35 bits per heavy atom. The lowest BCUT2D eigenvalue weighted by atomic mass is 10.2. The molecular weight excluding hydrogens is 244 g/mol. The fourth-order valence-corrected chi connectivity index (χ4v) is 1.59. The van der Waals surface area contributed by atoms with Crippen LogP contribution in [-0.4, -0.2) is 18.4 Å². The molecule has 0 aromatic heterocycles. The van der Waals surface area contributed by atoms with Crippen LogP contribution in [0, 0.1) is 0 Å². The van der Waals surface area contributed by atoms with Gasteiger partial charge in [-0.1, -0.05) is 18.2 Å². The minimum Gasteiger partial charge on any atom is -0.482 e. The zero-order valence-corrected chi connectivity index (χ0v) is 9.50. The van der Waals surface area contributed by atoms with Crippen molar-refractivity contribution < 1.29 is 14.3 Å². The van der Waals surface area contributed by atoms with Crippen molar-refractivity contribution in [3.8, 4) is 5.75 Å². The molecule has 5 nitrogen and oxygen atoms in total. The smallest absolute Gasteiger partial charge is 0.262 e. The van der Waals surface area contributed by atoms with Crippen molar-refractivity contribution in [2.24, 2.45) is 0 Å². The lowest BCUT2D eigenvalue weighted by Crippen LogP contribution is -2.25. The SMILES string of the molecule is C=CC(=O)Nc1cc2c(cc1Cl)NC(=O)CO2. The second kappa shape index (κ2) is 4.47. The highest BCUT2D eigenvalue weighted by molar-refractivity contribution is 6.34. The second-order valence-corrected chi connectivity index (χ2v) is 3.77. The van der Waals surface area contributed by atoms with Gasteiger partial charge in [0.1, 0.15) is 5.75 Å². The molecule has 1 aliphatic rings. The Hall–Kier alpha value is -2.01. The summed E-state index contributed by atoms with van der Waals surface area (Å²) in [5, 5.41) is 5.46. The number of benzene rings is 1. The zero-order valence-electron chi connectivity index (χ0n) is 8.75. The molecule has 0 fully saturated rings. The molecule has 0 spiro atoms. The lowest BCUT2D eigenvalue weighted by Gasteiger charge is -2.19. The van der Waals surface area contributed by atoms with Gasteiger partial charge < -0.3 is 15.4 Å². The maximum atomic E-state index is 11.2. The number of amides is 2. The number of halogens is 1. The maximum absolute atomic E-state index is 11.2. The Bertz CT molecular complexity index is 514.